The molecule has 0 aliphatic carbocycles. The Morgan fingerprint density at radius 2 is 1.92 bits per heavy atom. The molecule has 0 saturated heterocycles. The first kappa shape index (κ1) is 11.9. The summed E-state index contributed by atoms with van der Waals surface area (Å²) in [5.74, 6) is -1.99. The molecule has 0 N–H and O–H groups in total. The largest absolute Gasteiger partial charge is 0.488 e. The molecular weight excluding hydrogens is 174 g/mol. The summed E-state index contributed by atoms with van der Waals surface area (Å²) < 4.78 is 30.5. The van der Waals surface area contributed by atoms with Gasteiger partial charge in [-0.25, -0.2) is 8.78 Å². The zero-order valence-electron chi connectivity index (χ0n) is 8.10. The van der Waals surface area contributed by atoms with Crippen molar-refractivity contribution in [3.05, 3.63) is 36.1 Å². The van der Waals surface area contributed by atoms with Gasteiger partial charge in [-0.2, -0.15) is 0 Å². The summed E-state index contributed by atoms with van der Waals surface area (Å²) in [6, 6.07) is 0. The van der Waals surface area contributed by atoms with E-state index >= 15 is 0 Å². The molecule has 0 saturated carbocycles. The lowest BCUT2D eigenvalue weighted by Gasteiger charge is -2.11. The fourth-order valence-electron chi connectivity index (χ4n) is 0.695. The molecule has 0 fully saturated rings. The first-order valence-electron chi connectivity index (χ1n) is 4.00. The van der Waals surface area contributed by atoms with E-state index in [0.717, 1.165) is 6.92 Å². The van der Waals surface area contributed by atoms with Crippen molar-refractivity contribution in [3.63, 3.8) is 0 Å². The minimum absolute atomic E-state index is 0.120. The highest BCUT2D eigenvalue weighted by Gasteiger charge is 2.10. The smallest absolute Gasteiger partial charge is 0.196 e. The van der Waals surface area contributed by atoms with E-state index < -0.39 is 11.7 Å². The normalized spacial score (nSPS) is 14.2. The van der Waals surface area contributed by atoms with Crippen molar-refractivity contribution in [2.75, 3.05) is 0 Å². The van der Waals surface area contributed by atoms with Crippen LogP contribution in [0.3, 0.4) is 0 Å². The van der Waals surface area contributed by atoms with Crippen molar-refractivity contribution in [3.8, 4) is 0 Å². The van der Waals surface area contributed by atoms with Crippen molar-refractivity contribution < 1.29 is 13.5 Å². The first-order chi connectivity index (χ1) is 5.99. The van der Waals surface area contributed by atoms with Gasteiger partial charge in [0.15, 0.2) is 11.6 Å². The number of allylic oxidation sites excluding steroid dienone is 4. The predicted octanol–water partition coefficient (Wildman–Crippen LogP) is 3.65. The Labute approximate surface area is 77.4 Å². The molecule has 0 bridgehead atoms. The summed E-state index contributed by atoms with van der Waals surface area (Å²) in [4.78, 5) is 0. The van der Waals surface area contributed by atoms with Crippen LogP contribution in [0.4, 0.5) is 8.78 Å². The van der Waals surface area contributed by atoms with Crippen LogP contribution in [0.5, 0.6) is 0 Å². The quantitative estimate of drug-likeness (QED) is 0.483. The van der Waals surface area contributed by atoms with E-state index in [1.54, 1.807) is 13.8 Å². The summed E-state index contributed by atoms with van der Waals surface area (Å²) in [6.45, 7) is 7.89. The lowest BCUT2D eigenvalue weighted by Crippen LogP contribution is -2.03. The number of hydrogen-bond acceptors (Lipinski definition) is 1. The molecule has 0 rings (SSSR count). The van der Waals surface area contributed by atoms with Crippen LogP contribution in [0.15, 0.2) is 36.1 Å². The molecule has 0 aromatic rings. The number of rotatable bonds is 4. The number of ether oxygens (including phenoxy) is 1. The van der Waals surface area contributed by atoms with Gasteiger partial charge < -0.3 is 4.74 Å². The van der Waals surface area contributed by atoms with Crippen LogP contribution in [0.1, 0.15) is 20.8 Å². The zero-order chi connectivity index (χ0) is 10.4. The zero-order valence-corrected chi connectivity index (χ0v) is 8.10. The summed E-state index contributed by atoms with van der Waals surface area (Å²) in [5, 5.41) is 0. The van der Waals surface area contributed by atoms with Crippen molar-refractivity contribution in [1.82, 2.24) is 0 Å². The predicted molar refractivity (Wildman–Crippen MR) is 49.4 cm³/mol. The van der Waals surface area contributed by atoms with Gasteiger partial charge in [-0.15, -0.1) is 0 Å². The monoisotopic (exact) mass is 188 g/mol. The van der Waals surface area contributed by atoms with Gasteiger partial charge in [0.1, 0.15) is 5.83 Å². The van der Waals surface area contributed by atoms with Crippen molar-refractivity contribution in [2.24, 2.45) is 0 Å². The molecule has 0 aromatic carbocycles. The molecule has 0 aliphatic heterocycles. The van der Waals surface area contributed by atoms with E-state index in [1.165, 1.54) is 12.2 Å². The molecule has 13 heavy (non-hydrogen) atoms. The van der Waals surface area contributed by atoms with Crippen LogP contribution in [0, 0.1) is 0 Å². The van der Waals surface area contributed by atoms with E-state index in [9.17, 15) is 8.78 Å². The standard InChI is InChI=1S/C10H14F2O/c1-5-6-9(13-7(2)3)10(12)8(4)11/h5-7H,1H2,2-4H3/b9-6+,10-8-. The highest BCUT2D eigenvalue weighted by atomic mass is 19.2. The minimum Gasteiger partial charge on any atom is -0.488 e. The van der Waals surface area contributed by atoms with Crippen LogP contribution >= 0.6 is 0 Å². The second kappa shape index (κ2) is 5.51. The highest BCUT2D eigenvalue weighted by molar-refractivity contribution is 5.24. The molecular formula is C10H14F2O. The summed E-state index contributed by atoms with van der Waals surface area (Å²) in [5.41, 5.74) is 0. The molecule has 3 heteroatoms. The van der Waals surface area contributed by atoms with Gasteiger partial charge in [-0.1, -0.05) is 12.7 Å². The summed E-state index contributed by atoms with van der Waals surface area (Å²) >= 11 is 0. The van der Waals surface area contributed by atoms with Crippen molar-refractivity contribution in [2.45, 2.75) is 26.9 Å². The van der Waals surface area contributed by atoms with Gasteiger partial charge in [0, 0.05) is 0 Å². The van der Waals surface area contributed by atoms with Gasteiger partial charge >= 0.3 is 0 Å². The Hall–Kier alpha value is -1.12. The molecule has 0 aromatic heterocycles. The van der Waals surface area contributed by atoms with E-state index in [-0.39, 0.29) is 11.9 Å². The van der Waals surface area contributed by atoms with Gasteiger partial charge in [-0.05, 0) is 26.8 Å². The van der Waals surface area contributed by atoms with Crippen LogP contribution in [-0.4, -0.2) is 6.10 Å². The second-order valence-electron chi connectivity index (χ2n) is 2.78. The van der Waals surface area contributed by atoms with Gasteiger partial charge in [0.2, 0.25) is 0 Å². The van der Waals surface area contributed by atoms with Crippen LogP contribution in [-0.2, 0) is 4.74 Å². The van der Waals surface area contributed by atoms with E-state index in [2.05, 4.69) is 6.58 Å². The maximum absolute atomic E-state index is 13.0. The average Bonchev–Trinajstić information content (AvgIpc) is 2.01. The highest BCUT2D eigenvalue weighted by Crippen LogP contribution is 2.19. The van der Waals surface area contributed by atoms with E-state index in [0.29, 0.717) is 0 Å². The Morgan fingerprint density at radius 1 is 1.38 bits per heavy atom. The van der Waals surface area contributed by atoms with E-state index in [1.807, 2.05) is 0 Å². The van der Waals surface area contributed by atoms with Crippen molar-refractivity contribution in [1.29, 1.82) is 0 Å². The number of halogens is 2. The van der Waals surface area contributed by atoms with Crippen LogP contribution in [0.2, 0.25) is 0 Å². The third kappa shape index (κ3) is 4.45. The summed E-state index contributed by atoms with van der Waals surface area (Å²) in [6.07, 6.45) is 2.44. The second-order valence-corrected chi connectivity index (χ2v) is 2.78. The van der Waals surface area contributed by atoms with Gasteiger partial charge in [-0.3, -0.25) is 0 Å². The molecule has 0 spiro atoms. The topological polar surface area (TPSA) is 9.23 Å². The SMILES string of the molecule is C=C/C=C(OC(C)C)\C(F)=C(/C)F. The molecule has 0 radical (unpaired) electrons. The third-order valence-corrected chi connectivity index (χ3v) is 1.15. The van der Waals surface area contributed by atoms with Crippen molar-refractivity contribution >= 4 is 0 Å². The Bertz CT molecular complexity index is 235. The summed E-state index contributed by atoms with van der Waals surface area (Å²) in [7, 11) is 0. The molecule has 74 valence electrons. The van der Waals surface area contributed by atoms with Gasteiger partial charge in [0.05, 0.1) is 6.10 Å². The molecule has 1 nitrogen and oxygen atoms in total. The van der Waals surface area contributed by atoms with Gasteiger partial charge in [0.25, 0.3) is 0 Å². The molecule has 0 amide bonds. The Kier molecular flexibility index (Phi) is 5.04. The Balaban J connectivity index is 4.73. The maximum atomic E-state index is 13.0. The minimum atomic E-state index is -0.978. The molecule has 0 aliphatic rings. The fourth-order valence-corrected chi connectivity index (χ4v) is 0.695. The lowest BCUT2D eigenvalue weighted by molar-refractivity contribution is 0.144. The third-order valence-electron chi connectivity index (χ3n) is 1.15. The molecule has 0 heterocycles. The Morgan fingerprint density at radius 3 is 2.23 bits per heavy atom. The number of hydrogen-bond donors (Lipinski definition) is 0. The average molecular weight is 188 g/mol. The van der Waals surface area contributed by atoms with E-state index in [4.69, 9.17) is 4.74 Å². The van der Waals surface area contributed by atoms with Crippen LogP contribution in [0.25, 0.3) is 0 Å². The maximum Gasteiger partial charge on any atom is 0.196 e. The van der Waals surface area contributed by atoms with Crippen LogP contribution < -0.4 is 0 Å². The molecule has 0 atom stereocenters. The lowest BCUT2D eigenvalue weighted by atomic mass is 10.3. The fraction of sp³-hybridized carbons (Fsp3) is 0.400. The molecule has 0 unspecified atom stereocenters. The first-order valence-corrected chi connectivity index (χ1v) is 4.00.